The van der Waals surface area contributed by atoms with Crippen LogP contribution in [-0.2, 0) is 21.4 Å². The Kier molecular flexibility index (Phi) is 6.74. The van der Waals surface area contributed by atoms with E-state index in [1.165, 1.54) is 12.8 Å². The Hall–Kier alpha value is -2.61. The first-order chi connectivity index (χ1) is 13.8. The van der Waals surface area contributed by atoms with Gasteiger partial charge in [0.15, 0.2) is 0 Å². The van der Waals surface area contributed by atoms with E-state index in [2.05, 4.69) is 10.3 Å². The van der Waals surface area contributed by atoms with Gasteiger partial charge in [-0.2, -0.15) is 0 Å². The van der Waals surface area contributed by atoms with E-state index in [4.69, 9.17) is 4.74 Å². The topological polar surface area (TPSA) is 88.6 Å². The maximum atomic E-state index is 12.5. The number of hydrogen-bond donors (Lipinski definition) is 1. The van der Waals surface area contributed by atoms with Crippen LogP contribution in [0.4, 0.5) is 5.69 Å². The highest BCUT2D eigenvalue weighted by Gasteiger charge is 2.22. The number of para-hydroxylation sites is 1. The van der Waals surface area contributed by atoms with E-state index in [0.717, 1.165) is 34.5 Å². The van der Waals surface area contributed by atoms with Gasteiger partial charge >= 0.3 is 0 Å². The van der Waals surface area contributed by atoms with Gasteiger partial charge in [-0.15, -0.1) is 0 Å². The second-order valence-electron chi connectivity index (χ2n) is 7.36. The highest BCUT2D eigenvalue weighted by atomic mass is 32.2. The largest absolute Gasteiger partial charge is 0.474 e. The molecule has 0 radical (unpaired) electrons. The van der Waals surface area contributed by atoms with Crippen molar-refractivity contribution in [2.75, 3.05) is 17.1 Å². The summed E-state index contributed by atoms with van der Waals surface area (Å²) < 4.78 is 31.5. The first-order valence-corrected chi connectivity index (χ1v) is 11.6. The van der Waals surface area contributed by atoms with Crippen molar-refractivity contribution < 1.29 is 17.9 Å². The molecule has 2 aromatic rings. The predicted octanol–water partition coefficient (Wildman–Crippen LogP) is 2.79. The number of carbonyl (C=O) groups excluding carboxylic acids is 1. The summed E-state index contributed by atoms with van der Waals surface area (Å²) >= 11 is 0. The number of ether oxygens (including phenoxy) is 1. The van der Waals surface area contributed by atoms with Gasteiger partial charge in [0.05, 0.1) is 11.9 Å². The molecule has 1 fully saturated rings. The summed E-state index contributed by atoms with van der Waals surface area (Å²) in [6.07, 6.45) is 7.41. The molecule has 1 aliphatic rings. The molecule has 1 aromatic heterocycles. The molecule has 1 heterocycles. The van der Waals surface area contributed by atoms with Gasteiger partial charge in [-0.25, -0.2) is 13.4 Å². The van der Waals surface area contributed by atoms with E-state index in [-0.39, 0.29) is 25.1 Å². The van der Waals surface area contributed by atoms with Gasteiger partial charge in [-0.1, -0.05) is 18.2 Å². The lowest BCUT2D eigenvalue weighted by Crippen LogP contribution is -2.40. The highest BCUT2D eigenvalue weighted by Crippen LogP contribution is 2.23. The predicted molar refractivity (Wildman–Crippen MR) is 112 cm³/mol. The number of aromatic nitrogens is 1. The summed E-state index contributed by atoms with van der Waals surface area (Å²) in [6, 6.07) is 10.7. The average Bonchev–Trinajstić information content (AvgIpc) is 3.18. The third-order valence-corrected chi connectivity index (χ3v) is 6.08. The summed E-state index contributed by atoms with van der Waals surface area (Å²) in [5.74, 6) is 0.176. The number of nitrogens with zero attached hydrogens (tertiary/aromatic N) is 2. The molecule has 0 unspecified atom stereocenters. The lowest BCUT2D eigenvalue weighted by molar-refractivity contribution is -0.119. The number of carbonyl (C=O) groups is 1. The van der Waals surface area contributed by atoms with Gasteiger partial charge in [-0.05, 0) is 55.9 Å². The van der Waals surface area contributed by atoms with E-state index in [1.54, 1.807) is 24.4 Å². The van der Waals surface area contributed by atoms with Gasteiger partial charge < -0.3 is 10.1 Å². The molecule has 7 nitrogen and oxygen atoms in total. The van der Waals surface area contributed by atoms with E-state index in [9.17, 15) is 13.2 Å². The quantitative estimate of drug-likeness (QED) is 0.713. The van der Waals surface area contributed by atoms with Crippen LogP contribution in [0, 0.1) is 6.92 Å². The number of aryl methyl sites for hydroxylation is 1. The van der Waals surface area contributed by atoms with Crippen LogP contribution in [0.15, 0.2) is 42.6 Å². The number of benzene rings is 1. The zero-order valence-electron chi connectivity index (χ0n) is 16.8. The molecule has 0 bridgehead atoms. The molecule has 0 aliphatic heterocycles. The lowest BCUT2D eigenvalue weighted by atomic mass is 10.2. The molecule has 156 valence electrons. The van der Waals surface area contributed by atoms with Crippen LogP contribution in [-0.4, -0.2) is 38.2 Å². The van der Waals surface area contributed by atoms with Crippen LogP contribution >= 0.6 is 0 Å². The van der Waals surface area contributed by atoms with Crippen LogP contribution in [0.25, 0.3) is 0 Å². The Bertz CT molecular complexity index is 956. The van der Waals surface area contributed by atoms with Crippen molar-refractivity contribution in [1.82, 2.24) is 10.3 Å². The van der Waals surface area contributed by atoms with Gasteiger partial charge in [0.1, 0.15) is 12.6 Å². The summed E-state index contributed by atoms with van der Waals surface area (Å²) in [6.45, 7) is 1.81. The molecule has 3 rings (SSSR count). The minimum atomic E-state index is -3.60. The van der Waals surface area contributed by atoms with Gasteiger partial charge in [0, 0.05) is 18.8 Å². The minimum absolute atomic E-state index is 0.213. The van der Waals surface area contributed by atoms with Gasteiger partial charge in [0.25, 0.3) is 0 Å². The number of nitrogens with one attached hydrogen (secondary N) is 1. The second-order valence-corrected chi connectivity index (χ2v) is 9.27. The molecule has 29 heavy (non-hydrogen) atoms. The summed E-state index contributed by atoms with van der Waals surface area (Å²) in [5.41, 5.74) is 2.14. The van der Waals surface area contributed by atoms with Crippen LogP contribution in [0.2, 0.25) is 0 Å². The van der Waals surface area contributed by atoms with E-state index >= 15 is 0 Å². The number of rotatable bonds is 8. The summed E-state index contributed by atoms with van der Waals surface area (Å²) in [4.78, 5) is 16.7. The molecule has 1 amide bonds. The number of pyridine rings is 1. The number of sulfonamides is 1. The smallest absolute Gasteiger partial charge is 0.241 e. The third-order valence-electron chi connectivity index (χ3n) is 4.95. The molecular weight excluding hydrogens is 390 g/mol. The van der Waals surface area contributed by atoms with E-state index in [0.29, 0.717) is 11.6 Å². The zero-order chi connectivity index (χ0) is 20.9. The fourth-order valence-electron chi connectivity index (χ4n) is 3.41. The monoisotopic (exact) mass is 417 g/mol. The fourth-order valence-corrected chi connectivity index (χ4v) is 4.33. The Morgan fingerprint density at radius 2 is 1.97 bits per heavy atom. The molecule has 1 aliphatic carbocycles. The van der Waals surface area contributed by atoms with Crippen molar-refractivity contribution >= 4 is 21.6 Å². The Morgan fingerprint density at radius 3 is 2.66 bits per heavy atom. The summed E-state index contributed by atoms with van der Waals surface area (Å²) in [7, 11) is -3.60. The molecule has 1 N–H and O–H groups in total. The average molecular weight is 418 g/mol. The third kappa shape index (κ3) is 5.93. The molecule has 0 saturated heterocycles. The number of amides is 1. The SMILES string of the molecule is Cc1ccccc1N(CC(=O)NCc1ccnc(OC2CCCC2)c1)S(C)(=O)=O. The van der Waals surface area contributed by atoms with Crippen LogP contribution in [0.1, 0.15) is 36.8 Å². The summed E-state index contributed by atoms with van der Waals surface area (Å²) in [5, 5.41) is 2.78. The molecular formula is C21H27N3O4S. The van der Waals surface area contributed by atoms with Crippen molar-refractivity contribution in [2.45, 2.75) is 45.3 Å². The lowest BCUT2D eigenvalue weighted by Gasteiger charge is -2.23. The normalized spacial score (nSPS) is 14.6. The molecule has 8 heteroatoms. The maximum absolute atomic E-state index is 12.5. The molecule has 0 atom stereocenters. The van der Waals surface area contributed by atoms with Crippen molar-refractivity contribution in [2.24, 2.45) is 0 Å². The highest BCUT2D eigenvalue weighted by molar-refractivity contribution is 7.92. The first kappa shape index (κ1) is 21.1. The molecule has 1 aromatic carbocycles. The standard InChI is InChI=1S/C21H27N3O4S/c1-16-7-3-6-10-19(16)24(29(2,26)27)15-20(25)23-14-17-11-12-22-21(13-17)28-18-8-4-5-9-18/h3,6-7,10-13,18H,4-5,8-9,14-15H2,1-2H3,(H,23,25). The molecule has 0 spiro atoms. The number of anilines is 1. The van der Waals surface area contributed by atoms with Crippen molar-refractivity contribution in [3.63, 3.8) is 0 Å². The van der Waals surface area contributed by atoms with Gasteiger partial charge in [0.2, 0.25) is 21.8 Å². The van der Waals surface area contributed by atoms with E-state index in [1.807, 2.05) is 25.1 Å². The van der Waals surface area contributed by atoms with Crippen LogP contribution in [0.5, 0.6) is 5.88 Å². The van der Waals surface area contributed by atoms with Crippen LogP contribution < -0.4 is 14.4 Å². The van der Waals surface area contributed by atoms with Crippen molar-refractivity contribution in [3.05, 3.63) is 53.7 Å². The molecule has 1 saturated carbocycles. The minimum Gasteiger partial charge on any atom is -0.474 e. The van der Waals surface area contributed by atoms with Crippen molar-refractivity contribution in [3.8, 4) is 5.88 Å². The first-order valence-electron chi connectivity index (χ1n) is 9.74. The number of hydrogen-bond acceptors (Lipinski definition) is 5. The Labute approximate surface area is 172 Å². The Balaban J connectivity index is 1.61. The second kappa shape index (κ2) is 9.26. The van der Waals surface area contributed by atoms with Crippen molar-refractivity contribution in [1.29, 1.82) is 0 Å². The van der Waals surface area contributed by atoms with Gasteiger partial charge in [-0.3, -0.25) is 9.10 Å². The van der Waals surface area contributed by atoms with Crippen LogP contribution in [0.3, 0.4) is 0 Å². The maximum Gasteiger partial charge on any atom is 0.241 e. The Morgan fingerprint density at radius 1 is 1.24 bits per heavy atom. The van der Waals surface area contributed by atoms with E-state index < -0.39 is 10.0 Å². The zero-order valence-corrected chi connectivity index (χ0v) is 17.6. The fraction of sp³-hybridized carbons (Fsp3) is 0.429.